The molecule has 0 fully saturated rings. The Morgan fingerprint density at radius 2 is 0.739 bits per heavy atom. The molecule has 0 amide bonds. The Bertz CT molecular complexity index is 3880. The second kappa shape index (κ2) is 16.8. The first-order valence-corrected chi connectivity index (χ1v) is 25.7. The fourth-order valence-electron chi connectivity index (χ4n) is 11.0. The molecule has 0 bridgehead atoms. The van der Waals surface area contributed by atoms with Crippen molar-refractivity contribution in [1.82, 2.24) is 0 Å². The largest absolute Gasteiger partial charge is 0.455 e. The molecule has 0 saturated heterocycles. The van der Waals surface area contributed by atoms with Crippen molar-refractivity contribution >= 4 is 100 Å². The van der Waals surface area contributed by atoms with Crippen molar-refractivity contribution in [1.29, 1.82) is 0 Å². The molecule has 69 heavy (non-hydrogen) atoms. The van der Waals surface area contributed by atoms with E-state index in [1.54, 1.807) is 0 Å². The summed E-state index contributed by atoms with van der Waals surface area (Å²) < 4.78 is 6.99. The van der Waals surface area contributed by atoms with E-state index in [1.165, 1.54) is 53.4 Å². The first-order chi connectivity index (χ1) is 34.2. The van der Waals surface area contributed by atoms with Gasteiger partial charge in [-0.05, 0) is 113 Å². The molecule has 3 heteroatoms. The van der Waals surface area contributed by atoms with Gasteiger partial charge < -0.3 is 9.32 Å². The number of hydrogen-bond donors (Lipinski definition) is 0. The van der Waals surface area contributed by atoms with E-state index in [2.05, 4.69) is 278 Å². The number of benzene rings is 12. The summed E-state index contributed by atoms with van der Waals surface area (Å²) in [6.45, 7) is 0. The van der Waals surface area contributed by atoms with Crippen LogP contribution in [0.2, 0.25) is 0 Å². The standard InChI is InChI=1S/C66H45NOSi/c1-5-19-46(20-6-1)63-44-52(45-64-61-42-35-47-21-13-16-30-58(47)65(61)68-66(63)64)67(50-36-33-48(34-37-50)62-43-49-22-14-15-29-57(49)59-31-17-18-32-60(59)62)51-38-40-56(41-39-51)69(53-23-7-2-8-24-53,54-25-9-3-10-26-54)55-27-11-4-12-28-55/h1-45H. The van der Waals surface area contributed by atoms with Crippen molar-refractivity contribution in [3.05, 3.63) is 273 Å². The van der Waals surface area contributed by atoms with Gasteiger partial charge in [-0.15, -0.1) is 0 Å². The van der Waals surface area contributed by atoms with Crippen LogP contribution in [0.25, 0.3) is 76.5 Å². The van der Waals surface area contributed by atoms with Crippen molar-refractivity contribution in [3.8, 4) is 22.3 Å². The Morgan fingerprint density at radius 1 is 0.261 bits per heavy atom. The summed E-state index contributed by atoms with van der Waals surface area (Å²) in [6, 6.07) is 100. The lowest BCUT2D eigenvalue weighted by Gasteiger charge is -2.35. The van der Waals surface area contributed by atoms with Crippen LogP contribution in [0.4, 0.5) is 17.1 Å². The minimum atomic E-state index is -2.77. The van der Waals surface area contributed by atoms with E-state index in [4.69, 9.17) is 4.42 Å². The van der Waals surface area contributed by atoms with Gasteiger partial charge in [-0.3, -0.25) is 0 Å². The van der Waals surface area contributed by atoms with E-state index >= 15 is 0 Å². The zero-order chi connectivity index (χ0) is 45.7. The monoisotopic (exact) mass is 895 g/mol. The third kappa shape index (κ3) is 6.78. The van der Waals surface area contributed by atoms with Crippen LogP contribution in [-0.2, 0) is 0 Å². The maximum atomic E-state index is 6.99. The lowest BCUT2D eigenvalue weighted by Crippen LogP contribution is -2.74. The molecule has 2 nitrogen and oxygen atoms in total. The third-order valence-corrected chi connectivity index (χ3v) is 19.0. The van der Waals surface area contributed by atoms with Crippen molar-refractivity contribution in [2.24, 2.45) is 0 Å². The van der Waals surface area contributed by atoms with Gasteiger partial charge >= 0.3 is 0 Å². The maximum Gasteiger partial charge on any atom is 0.179 e. The summed E-state index contributed by atoms with van der Waals surface area (Å²) in [6.07, 6.45) is 0. The van der Waals surface area contributed by atoms with Crippen LogP contribution in [0.1, 0.15) is 0 Å². The highest BCUT2D eigenvalue weighted by Gasteiger charge is 2.41. The van der Waals surface area contributed by atoms with Gasteiger partial charge in [0.15, 0.2) is 8.07 Å². The second-order valence-corrected chi connectivity index (χ2v) is 21.8. The summed E-state index contributed by atoms with van der Waals surface area (Å²) in [5, 5.41) is 14.8. The molecule has 324 valence electrons. The number of anilines is 3. The number of nitrogens with zero attached hydrogens (tertiary/aromatic N) is 1. The van der Waals surface area contributed by atoms with Gasteiger partial charge in [-0.2, -0.15) is 0 Å². The van der Waals surface area contributed by atoms with E-state index in [9.17, 15) is 0 Å². The minimum Gasteiger partial charge on any atom is -0.455 e. The van der Waals surface area contributed by atoms with Gasteiger partial charge in [-0.25, -0.2) is 0 Å². The van der Waals surface area contributed by atoms with Crippen LogP contribution in [0.5, 0.6) is 0 Å². The molecule has 0 spiro atoms. The fourth-order valence-corrected chi connectivity index (χ4v) is 15.8. The van der Waals surface area contributed by atoms with Crippen LogP contribution in [0.15, 0.2) is 277 Å². The maximum absolute atomic E-state index is 6.99. The second-order valence-electron chi connectivity index (χ2n) is 18.0. The molecule has 0 aliphatic rings. The van der Waals surface area contributed by atoms with E-state index in [0.717, 1.165) is 60.9 Å². The average Bonchev–Trinajstić information content (AvgIpc) is 3.82. The first-order valence-electron chi connectivity index (χ1n) is 23.7. The molecule has 0 unspecified atom stereocenters. The zero-order valence-electron chi connectivity index (χ0n) is 37.8. The van der Waals surface area contributed by atoms with Gasteiger partial charge in [0.25, 0.3) is 0 Å². The van der Waals surface area contributed by atoms with E-state index in [1.807, 2.05) is 0 Å². The third-order valence-electron chi connectivity index (χ3n) is 14.2. The Balaban J connectivity index is 1.04. The molecule has 0 aliphatic carbocycles. The molecule has 0 saturated carbocycles. The fraction of sp³-hybridized carbons (Fsp3) is 0. The van der Waals surface area contributed by atoms with Gasteiger partial charge in [-0.1, -0.05) is 224 Å². The molecule has 13 rings (SSSR count). The predicted octanol–water partition coefficient (Wildman–Crippen LogP) is 15.2. The first kappa shape index (κ1) is 40.5. The van der Waals surface area contributed by atoms with E-state index in [0.29, 0.717) is 0 Å². The summed E-state index contributed by atoms with van der Waals surface area (Å²) in [7, 11) is -2.77. The number of rotatable bonds is 9. The number of fused-ring (bicyclic) bond motifs is 8. The lowest BCUT2D eigenvalue weighted by atomic mass is 9.93. The van der Waals surface area contributed by atoms with Crippen LogP contribution >= 0.6 is 0 Å². The predicted molar refractivity (Wildman–Crippen MR) is 295 cm³/mol. The smallest absolute Gasteiger partial charge is 0.179 e. The number of hydrogen-bond acceptors (Lipinski definition) is 2. The molecule has 0 radical (unpaired) electrons. The Labute approximate surface area is 402 Å². The van der Waals surface area contributed by atoms with Crippen LogP contribution < -0.4 is 25.6 Å². The van der Waals surface area contributed by atoms with E-state index in [-0.39, 0.29) is 0 Å². The SMILES string of the molecule is c1ccc(-c2cc(N(c3ccc(-c4cc5ccccc5c5ccccc45)cc3)c3ccc([Si](c4ccccc4)(c4ccccc4)c4ccccc4)cc3)cc3c2oc2c4ccccc4ccc32)cc1. The summed E-state index contributed by atoms with van der Waals surface area (Å²) >= 11 is 0. The summed E-state index contributed by atoms with van der Waals surface area (Å²) in [4.78, 5) is 2.43. The summed E-state index contributed by atoms with van der Waals surface area (Å²) in [5.41, 5.74) is 9.51. The summed E-state index contributed by atoms with van der Waals surface area (Å²) in [5.74, 6) is 0. The molecule has 0 aliphatic heterocycles. The van der Waals surface area contributed by atoms with Crippen molar-refractivity contribution < 1.29 is 4.42 Å². The number of furan rings is 1. The molecule has 1 heterocycles. The Hall–Kier alpha value is -8.76. The van der Waals surface area contributed by atoms with Crippen molar-refractivity contribution in [2.45, 2.75) is 0 Å². The minimum absolute atomic E-state index is 0.884. The lowest BCUT2D eigenvalue weighted by molar-refractivity contribution is 0.674. The molecule has 1 aromatic heterocycles. The molecule has 0 atom stereocenters. The highest BCUT2D eigenvalue weighted by Crippen LogP contribution is 2.45. The molecule has 0 N–H and O–H groups in total. The zero-order valence-corrected chi connectivity index (χ0v) is 38.8. The van der Waals surface area contributed by atoms with Crippen molar-refractivity contribution in [3.63, 3.8) is 0 Å². The quantitative estimate of drug-likeness (QED) is 0.0815. The van der Waals surface area contributed by atoms with Crippen LogP contribution in [-0.4, -0.2) is 8.07 Å². The normalized spacial score (nSPS) is 11.8. The van der Waals surface area contributed by atoms with Crippen LogP contribution in [0.3, 0.4) is 0 Å². The van der Waals surface area contributed by atoms with E-state index < -0.39 is 8.07 Å². The Morgan fingerprint density at radius 3 is 1.36 bits per heavy atom. The Kier molecular flexibility index (Phi) is 9.88. The highest BCUT2D eigenvalue weighted by atomic mass is 28.3. The van der Waals surface area contributed by atoms with Gasteiger partial charge in [0.2, 0.25) is 0 Å². The van der Waals surface area contributed by atoms with Gasteiger partial charge in [0.1, 0.15) is 11.2 Å². The van der Waals surface area contributed by atoms with Gasteiger partial charge in [0, 0.05) is 38.8 Å². The highest BCUT2D eigenvalue weighted by molar-refractivity contribution is 7.19. The van der Waals surface area contributed by atoms with Crippen LogP contribution in [0, 0.1) is 0 Å². The molecule has 13 aromatic rings. The molecular formula is C66H45NOSi. The molecule has 12 aromatic carbocycles. The van der Waals surface area contributed by atoms with Gasteiger partial charge in [0.05, 0.1) is 0 Å². The topological polar surface area (TPSA) is 16.4 Å². The molecular weight excluding hydrogens is 851 g/mol. The van der Waals surface area contributed by atoms with Crippen molar-refractivity contribution in [2.75, 3.05) is 4.90 Å². The average molecular weight is 896 g/mol.